The predicted octanol–water partition coefficient (Wildman–Crippen LogP) is 5.49. The maximum atomic E-state index is 13.6. The molecule has 1 aromatic heterocycles. The standard InChI is InChI=1S/C26H28BrN5O3/c1-16-8-6-7-9-18(16)15-34-22-13-12-19(27)14-21(22)24-23(17(2)28-26-29-30-31-32(24)26)25(33)35-20-10-4-3-5-11-20/h6-9,12-14,20,24H,3-5,10-11,15H2,1-2H3,(H,28,29,31). The number of allylic oxidation sites excluding steroid dienone is 1. The first-order valence-corrected chi connectivity index (χ1v) is 12.7. The average molecular weight is 538 g/mol. The van der Waals surface area contributed by atoms with Crippen molar-refractivity contribution >= 4 is 27.8 Å². The molecule has 1 fully saturated rings. The molecule has 3 aromatic rings. The number of anilines is 1. The van der Waals surface area contributed by atoms with Crippen molar-refractivity contribution < 1.29 is 14.3 Å². The van der Waals surface area contributed by atoms with E-state index in [2.05, 4.69) is 55.8 Å². The summed E-state index contributed by atoms with van der Waals surface area (Å²) in [6.07, 6.45) is 5.08. The Morgan fingerprint density at radius 1 is 1.14 bits per heavy atom. The zero-order chi connectivity index (χ0) is 24.4. The molecule has 0 spiro atoms. The second kappa shape index (κ2) is 10.2. The van der Waals surface area contributed by atoms with E-state index in [-0.39, 0.29) is 12.1 Å². The number of halogens is 1. The van der Waals surface area contributed by atoms with Gasteiger partial charge in [0.1, 0.15) is 24.5 Å². The number of carbonyl (C=O) groups excluding carboxylic acids is 1. The van der Waals surface area contributed by atoms with Gasteiger partial charge in [-0.1, -0.05) is 51.7 Å². The van der Waals surface area contributed by atoms with E-state index in [1.165, 1.54) is 6.42 Å². The van der Waals surface area contributed by atoms with Gasteiger partial charge in [0, 0.05) is 15.7 Å². The van der Waals surface area contributed by atoms with E-state index in [1.807, 2.05) is 37.3 Å². The number of fused-ring (bicyclic) bond motifs is 1. The van der Waals surface area contributed by atoms with Crippen LogP contribution in [0.15, 0.2) is 58.2 Å². The number of aryl methyl sites for hydroxylation is 1. The van der Waals surface area contributed by atoms with Crippen LogP contribution >= 0.6 is 15.9 Å². The van der Waals surface area contributed by atoms with E-state index < -0.39 is 6.04 Å². The van der Waals surface area contributed by atoms with Crippen LogP contribution in [0.5, 0.6) is 5.75 Å². The molecule has 8 nitrogen and oxygen atoms in total. The molecule has 0 radical (unpaired) electrons. The van der Waals surface area contributed by atoms with Gasteiger partial charge in [0.2, 0.25) is 5.95 Å². The molecular formula is C26H28BrN5O3. The topological polar surface area (TPSA) is 91.2 Å². The highest BCUT2D eigenvalue weighted by Crippen LogP contribution is 2.41. The lowest BCUT2D eigenvalue weighted by Crippen LogP contribution is -2.32. The van der Waals surface area contributed by atoms with Crippen molar-refractivity contribution in [3.05, 3.63) is 74.9 Å². The quantitative estimate of drug-likeness (QED) is 0.415. The average Bonchev–Trinajstić information content (AvgIpc) is 3.32. The number of aromatic nitrogens is 4. The van der Waals surface area contributed by atoms with E-state index >= 15 is 0 Å². The molecule has 182 valence electrons. The Morgan fingerprint density at radius 3 is 2.74 bits per heavy atom. The number of nitrogens with one attached hydrogen (secondary N) is 1. The number of benzene rings is 2. The van der Waals surface area contributed by atoms with E-state index in [0.717, 1.165) is 46.8 Å². The lowest BCUT2D eigenvalue weighted by Gasteiger charge is -2.30. The van der Waals surface area contributed by atoms with E-state index in [0.29, 0.717) is 29.6 Å². The zero-order valence-corrected chi connectivity index (χ0v) is 21.4. The smallest absolute Gasteiger partial charge is 0.338 e. The number of hydrogen-bond acceptors (Lipinski definition) is 7. The van der Waals surface area contributed by atoms with Gasteiger partial charge in [-0.15, -0.1) is 0 Å². The first-order chi connectivity index (χ1) is 17.0. The maximum Gasteiger partial charge on any atom is 0.338 e. The highest BCUT2D eigenvalue weighted by Gasteiger charge is 2.37. The number of esters is 1. The SMILES string of the molecule is CC1=C(C(=O)OC2CCCCC2)C(c2cc(Br)ccc2OCc2ccccc2C)n2nnnc2N1. The summed E-state index contributed by atoms with van der Waals surface area (Å²) in [7, 11) is 0. The van der Waals surface area contributed by atoms with Crippen LogP contribution in [-0.2, 0) is 16.1 Å². The molecule has 1 saturated carbocycles. The van der Waals surface area contributed by atoms with Crippen LogP contribution in [0.4, 0.5) is 5.95 Å². The minimum atomic E-state index is -0.596. The normalized spacial score (nSPS) is 18.1. The second-order valence-corrected chi connectivity index (χ2v) is 9.99. The molecule has 0 bridgehead atoms. The molecule has 1 aliphatic carbocycles. The summed E-state index contributed by atoms with van der Waals surface area (Å²) in [6, 6.07) is 13.3. The van der Waals surface area contributed by atoms with E-state index in [9.17, 15) is 4.79 Å². The van der Waals surface area contributed by atoms with Gasteiger partial charge in [-0.3, -0.25) is 0 Å². The van der Waals surface area contributed by atoms with Gasteiger partial charge >= 0.3 is 5.97 Å². The number of tetrazole rings is 1. The number of ether oxygens (including phenoxy) is 2. The molecule has 2 aliphatic rings. The summed E-state index contributed by atoms with van der Waals surface area (Å²) < 4.78 is 14.8. The molecule has 1 atom stereocenters. The molecule has 2 aromatic carbocycles. The Bertz CT molecular complexity index is 1270. The van der Waals surface area contributed by atoms with Crippen molar-refractivity contribution in [3.63, 3.8) is 0 Å². The molecule has 1 N–H and O–H groups in total. The molecule has 0 saturated heterocycles. The highest BCUT2D eigenvalue weighted by atomic mass is 79.9. The Labute approximate surface area is 212 Å². The summed E-state index contributed by atoms with van der Waals surface area (Å²) in [5.41, 5.74) is 4.18. The third-order valence-corrected chi connectivity index (χ3v) is 7.16. The van der Waals surface area contributed by atoms with Crippen LogP contribution in [0.25, 0.3) is 0 Å². The molecular weight excluding hydrogens is 510 g/mol. The molecule has 5 rings (SSSR count). The largest absolute Gasteiger partial charge is 0.489 e. The Morgan fingerprint density at radius 2 is 1.94 bits per heavy atom. The number of rotatable bonds is 6. The van der Waals surface area contributed by atoms with Crippen LogP contribution in [-0.4, -0.2) is 32.3 Å². The zero-order valence-electron chi connectivity index (χ0n) is 19.8. The van der Waals surface area contributed by atoms with E-state index in [1.54, 1.807) is 4.68 Å². The van der Waals surface area contributed by atoms with Crippen LogP contribution in [0.2, 0.25) is 0 Å². The van der Waals surface area contributed by atoms with Crippen molar-refractivity contribution in [2.45, 2.75) is 64.7 Å². The van der Waals surface area contributed by atoms with Crippen molar-refractivity contribution in [3.8, 4) is 5.75 Å². The molecule has 35 heavy (non-hydrogen) atoms. The second-order valence-electron chi connectivity index (χ2n) is 9.08. The van der Waals surface area contributed by atoms with Crippen LogP contribution in [0, 0.1) is 6.92 Å². The summed E-state index contributed by atoms with van der Waals surface area (Å²) in [5.74, 6) is 0.769. The Balaban J connectivity index is 1.52. The fourth-order valence-electron chi connectivity index (χ4n) is 4.75. The maximum absolute atomic E-state index is 13.6. The van der Waals surface area contributed by atoms with Crippen LogP contribution in [0.1, 0.15) is 61.8 Å². The van der Waals surface area contributed by atoms with Gasteiger partial charge in [0.15, 0.2) is 0 Å². The van der Waals surface area contributed by atoms with Crippen molar-refractivity contribution in [2.75, 3.05) is 5.32 Å². The lowest BCUT2D eigenvalue weighted by atomic mass is 9.94. The summed E-state index contributed by atoms with van der Waals surface area (Å²) in [5, 5.41) is 15.3. The molecule has 0 amide bonds. The van der Waals surface area contributed by atoms with Gasteiger partial charge in [0.25, 0.3) is 0 Å². The van der Waals surface area contributed by atoms with Crippen LogP contribution < -0.4 is 10.1 Å². The van der Waals surface area contributed by atoms with Gasteiger partial charge in [-0.05, 0) is 79.3 Å². The third-order valence-electron chi connectivity index (χ3n) is 6.67. The third kappa shape index (κ3) is 4.96. The van der Waals surface area contributed by atoms with E-state index in [4.69, 9.17) is 9.47 Å². The molecule has 2 heterocycles. The predicted molar refractivity (Wildman–Crippen MR) is 135 cm³/mol. The highest BCUT2D eigenvalue weighted by molar-refractivity contribution is 9.10. The minimum Gasteiger partial charge on any atom is -0.489 e. The van der Waals surface area contributed by atoms with Crippen LogP contribution in [0.3, 0.4) is 0 Å². The van der Waals surface area contributed by atoms with Gasteiger partial charge in [-0.25, -0.2) is 4.79 Å². The van der Waals surface area contributed by atoms with Crippen molar-refractivity contribution in [1.29, 1.82) is 0 Å². The summed E-state index contributed by atoms with van der Waals surface area (Å²) in [4.78, 5) is 13.6. The Kier molecular flexibility index (Phi) is 6.86. The fourth-order valence-corrected chi connectivity index (χ4v) is 5.13. The van der Waals surface area contributed by atoms with Crippen molar-refractivity contribution in [1.82, 2.24) is 20.2 Å². The monoisotopic (exact) mass is 537 g/mol. The molecule has 9 heteroatoms. The fraction of sp³-hybridized carbons (Fsp3) is 0.385. The molecule has 1 aliphatic heterocycles. The molecule has 1 unspecified atom stereocenters. The first kappa shape index (κ1) is 23.5. The van der Waals surface area contributed by atoms with Gasteiger partial charge in [-0.2, -0.15) is 4.68 Å². The number of carbonyl (C=O) groups is 1. The summed E-state index contributed by atoms with van der Waals surface area (Å²) >= 11 is 3.59. The number of hydrogen-bond donors (Lipinski definition) is 1. The van der Waals surface area contributed by atoms with Crippen molar-refractivity contribution in [2.24, 2.45) is 0 Å². The van der Waals surface area contributed by atoms with Gasteiger partial charge in [0.05, 0.1) is 5.57 Å². The lowest BCUT2D eigenvalue weighted by molar-refractivity contribution is -0.146. The number of nitrogens with zero attached hydrogens (tertiary/aromatic N) is 4. The first-order valence-electron chi connectivity index (χ1n) is 11.9. The Hall–Kier alpha value is -3.20. The van der Waals surface area contributed by atoms with Gasteiger partial charge < -0.3 is 14.8 Å². The minimum absolute atomic E-state index is 0.0632. The summed E-state index contributed by atoms with van der Waals surface area (Å²) in [6.45, 7) is 4.32.